The predicted octanol–water partition coefficient (Wildman–Crippen LogP) is 3.16. The third-order valence-corrected chi connectivity index (χ3v) is 4.04. The molecule has 0 saturated carbocycles. The summed E-state index contributed by atoms with van der Waals surface area (Å²) >= 11 is 0. The van der Waals surface area contributed by atoms with E-state index in [0.717, 1.165) is 12.0 Å². The van der Waals surface area contributed by atoms with Gasteiger partial charge in [-0.05, 0) is 17.9 Å². The lowest BCUT2D eigenvalue weighted by molar-refractivity contribution is -0.143. The number of hydrogen-bond acceptors (Lipinski definition) is 2. The van der Waals surface area contributed by atoms with E-state index >= 15 is 0 Å². The Kier molecular flexibility index (Phi) is 3.23. The van der Waals surface area contributed by atoms with E-state index in [1.165, 1.54) is 0 Å². The molecule has 1 fully saturated rings. The molecule has 0 radical (unpaired) electrons. The van der Waals surface area contributed by atoms with E-state index in [-0.39, 0.29) is 11.9 Å². The van der Waals surface area contributed by atoms with Crippen LogP contribution in [0.1, 0.15) is 32.8 Å². The van der Waals surface area contributed by atoms with Crippen LogP contribution in [-0.4, -0.2) is 12.6 Å². The molecule has 0 N–H and O–H groups in total. The summed E-state index contributed by atoms with van der Waals surface area (Å²) in [6.07, 6.45) is 0.804. The first-order valence-corrected chi connectivity index (χ1v) is 6.35. The zero-order valence-electron chi connectivity index (χ0n) is 10.8. The molecule has 1 aromatic rings. The van der Waals surface area contributed by atoms with Gasteiger partial charge in [0, 0.05) is 5.92 Å². The average Bonchev–Trinajstić information content (AvgIpc) is 2.68. The van der Waals surface area contributed by atoms with E-state index in [9.17, 15) is 4.79 Å². The average molecular weight is 232 g/mol. The summed E-state index contributed by atoms with van der Waals surface area (Å²) in [5, 5.41) is 0. The lowest BCUT2D eigenvalue weighted by atomic mass is 9.66. The SMILES string of the molecule is CC[C@@]1(c2ccccc2)C(=O)OC[C@H]1C(C)C. The van der Waals surface area contributed by atoms with Crippen molar-refractivity contribution in [1.29, 1.82) is 0 Å². The van der Waals surface area contributed by atoms with Crippen LogP contribution in [0.15, 0.2) is 30.3 Å². The molecule has 2 rings (SSSR count). The third-order valence-electron chi connectivity index (χ3n) is 4.04. The Labute approximate surface area is 103 Å². The van der Waals surface area contributed by atoms with Crippen LogP contribution in [0.25, 0.3) is 0 Å². The smallest absolute Gasteiger partial charge is 0.316 e. The highest BCUT2D eigenvalue weighted by molar-refractivity contribution is 5.85. The number of benzene rings is 1. The van der Waals surface area contributed by atoms with Crippen LogP contribution in [0.3, 0.4) is 0 Å². The number of hydrogen-bond donors (Lipinski definition) is 0. The molecular weight excluding hydrogens is 212 g/mol. The maximum atomic E-state index is 12.2. The Morgan fingerprint density at radius 3 is 2.53 bits per heavy atom. The number of ether oxygens (including phenoxy) is 1. The van der Waals surface area contributed by atoms with Crippen LogP contribution in [0.4, 0.5) is 0 Å². The number of cyclic esters (lactones) is 1. The second-order valence-corrected chi connectivity index (χ2v) is 5.14. The monoisotopic (exact) mass is 232 g/mol. The van der Waals surface area contributed by atoms with Crippen LogP contribution in [0, 0.1) is 11.8 Å². The summed E-state index contributed by atoms with van der Waals surface area (Å²) in [6, 6.07) is 10.1. The van der Waals surface area contributed by atoms with Crippen LogP contribution in [-0.2, 0) is 14.9 Å². The lowest BCUT2D eigenvalue weighted by Gasteiger charge is -2.32. The summed E-state index contributed by atoms with van der Waals surface area (Å²) in [5.74, 6) is 0.675. The molecule has 1 aliphatic heterocycles. The fraction of sp³-hybridized carbons (Fsp3) is 0.533. The number of carbonyl (C=O) groups excluding carboxylic acids is 1. The Morgan fingerprint density at radius 2 is 2.00 bits per heavy atom. The molecule has 0 unspecified atom stereocenters. The van der Waals surface area contributed by atoms with Crippen molar-refractivity contribution in [3.05, 3.63) is 35.9 Å². The van der Waals surface area contributed by atoms with Gasteiger partial charge in [0.25, 0.3) is 0 Å². The van der Waals surface area contributed by atoms with Crippen LogP contribution < -0.4 is 0 Å². The molecule has 0 aliphatic carbocycles. The molecule has 0 aromatic heterocycles. The Bertz CT molecular complexity index is 397. The maximum Gasteiger partial charge on any atom is 0.316 e. The van der Waals surface area contributed by atoms with E-state index in [1.54, 1.807) is 0 Å². The second kappa shape index (κ2) is 4.52. The molecule has 1 aliphatic rings. The van der Waals surface area contributed by atoms with Crippen molar-refractivity contribution in [1.82, 2.24) is 0 Å². The lowest BCUT2D eigenvalue weighted by Crippen LogP contribution is -2.39. The maximum absolute atomic E-state index is 12.2. The molecule has 1 aromatic carbocycles. The summed E-state index contributed by atoms with van der Waals surface area (Å²) in [7, 11) is 0. The van der Waals surface area contributed by atoms with Crippen molar-refractivity contribution in [2.24, 2.45) is 11.8 Å². The van der Waals surface area contributed by atoms with Gasteiger partial charge >= 0.3 is 5.97 Å². The topological polar surface area (TPSA) is 26.3 Å². The third kappa shape index (κ3) is 1.76. The van der Waals surface area contributed by atoms with Gasteiger partial charge in [-0.2, -0.15) is 0 Å². The van der Waals surface area contributed by atoms with Gasteiger partial charge in [-0.15, -0.1) is 0 Å². The van der Waals surface area contributed by atoms with Crippen molar-refractivity contribution in [3.8, 4) is 0 Å². The van der Waals surface area contributed by atoms with Crippen molar-refractivity contribution >= 4 is 5.97 Å². The summed E-state index contributed by atoms with van der Waals surface area (Å²) in [5.41, 5.74) is 0.666. The molecule has 92 valence electrons. The summed E-state index contributed by atoms with van der Waals surface area (Å²) in [6.45, 7) is 6.97. The predicted molar refractivity (Wildman–Crippen MR) is 67.7 cm³/mol. The highest BCUT2D eigenvalue weighted by Gasteiger charge is 2.53. The number of esters is 1. The van der Waals surface area contributed by atoms with E-state index in [4.69, 9.17) is 4.74 Å². The Balaban J connectivity index is 2.51. The van der Waals surface area contributed by atoms with Crippen molar-refractivity contribution < 1.29 is 9.53 Å². The van der Waals surface area contributed by atoms with Gasteiger partial charge in [0.15, 0.2) is 0 Å². The second-order valence-electron chi connectivity index (χ2n) is 5.14. The van der Waals surface area contributed by atoms with Gasteiger partial charge in [-0.1, -0.05) is 51.1 Å². The molecule has 0 amide bonds. The van der Waals surface area contributed by atoms with Crippen LogP contribution in [0.2, 0.25) is 0 Å². The van der Waals surface area contributed by atoms with Crippen LogP contribution in [0.5, 0.6) is 0 Å². The van der Waals surface area contributed by atoms with E-state index in [0.29, 0.717) is 12.5 Å². The standard InChI is InChI=1S/C15H20O2/c1-4-15(12-8-6-5-7-9-12)13(11(2)3)10-17-14(15)16/h5-9,11,13H,4,10H2,1-3H3/t13-,15-/m0/s1. The van der Waals surface area contributed by atoms with Gasteiger partial charge in [-0.3, -0.25) is 4.79 Å². The summed E-state index contributed by atoms with van der Waals surface area (Å²) in [4.78, 5) is 12.2. The first kappa shape index (κ1) is 12.2. The minimum atomic E-state index is -0.435. The molecule has 17 heavy (non-hydrogen) atoms. The minimum absolute atomic E-state index is 0.0510. The molecule has 0 spiro atoms. The first-order valence-electron chi connectivity index (χ1n) is 6.35. The molecule has 0 bridgehead atoms. The van der Waals surface area contributed by atoms with E-state index in [2.05, 4.69) is 20.8 Å². The van der Waals surface area contributed by atoms with Gasteiger partial charge in [0.1, 0.15) is 0 Å². The molecule has 1 saturated heterocycles. The quantitative estimate of drug-likeness (QED) is 0.748. The van der Waals surface area contributed by atoms with Crippen molar-refractivity contribution in [3.63, 3.8) is 0 Å². The Hall–Kier alpha value is -1.31. The fourth-order valence-corrected chi connectivity index (χ4v) is 3.03. The van der Waals surface area contributed by atoms with E-state index < -0.39 is 5.41 Å². The molecular formula is C15H20O2. The largest absolute Gasteiger partial charge is 0.465 e. The van der Waals surface area contributed by atoms with Gasteiger partial charge < -0.3 is 4.74 Å². The Morgan fingerprint density at radius 1 is 1.35 bits per heavy atom. The number of rotatable bonds is 3. The molecule has 2 heteroatoms. The zero-order valence-corrected chi connectivity index (χ0v) is 10.8. The van der Waals surface area contributed by atoms with Gasteiger partial charge in [0.05, 0.1) is 12.0 Å². The van der Waals surface area contributed by atoms with Crippen molar-refractivity contribution in [2.75, 3.05) is 6.61 Å². The molecule has 2 nitrogen and oxygen atoms in total. The van der Waals surface area contributed by atoms with Gasteiger partial charge in [0.2, 0.25) is 0 Å². The number of carbonyl (C=O) groups is 1. The first-order chi connectivity index (χ1) is 8.13. The summed E-state index contributed by atoms with van der Waals surface area (Å²) < 4.78 is 5.35. The molecule has 1 heterocycles. The van der Waals surface area contributed by atoms with Crippen molar-refractivity contribution in [2.45, 2.75) is 32.6 Å². The fourth-order valence-electron chi connectivity index (χ4n) is 3.03. The van der Waals surface area contributed by atoms with E-state index in [1.807, 2.05) is 30.3 Å². The molecule has 2 atom stereocenters. The highest BCUT2D eigenvalue weighted by atomic mass is 16.5. The van der Waals surface area contributed by atoms with Gasteiger partial charge in [-0.25, -0.2) is 0 Å². The van der Waals surface area contributed by atoms with Crippen LogP contribution >= 0.6 is 0 Å². The minimum Gasteiger partial charge on any atom is -0.465 e. The highest BCUT2D eigenvalue weighted by Crippen LogP contribution is 2.45. The zero-order chi connectivity index (χ0) is 12.5. The normalized spacial score (nSPS) is 28.5.